The Balaban J connectivity index is 1.74. The molecule has 2 N–H and O–H groups in total. The summed E-state index contributed by atoms with van der Waals surface area (Å²) in [6, 6.07) is 7.74. The SMILES string of the molecule is Cn1cc(C(=O)NCc2[nH]nc3ccccc23)nn1. The Hall–Kier alpha value is -2.70. The number of hydrogen-bond donors (Lipinski definition) is 2. The fourth-order valence-electron chi connectivity index (χ4n) is 1.86. The predicted molar refractivity (Wildman–Crippen MR) is 68.3 cm³/mol. The minimum Gasteiger partial charge on any atom is -0.345 e. The molecule has 7 heteroatoms. The number of carbonyl (C=O) groups excluding carboxylic acids is 1. The van der Waals surface area contributed by atoms with Crippen LogP contribution in [0.15, 0.2) is 30.5 Å². The number of nitrogens with one attached hydrogen (secondary N) is 2. The second kappa shape index (κ2) is 4.52. The van der Waals surface area contributed by atoms with Crippen molar-refractivity contribution in [2.24, 2.45) is 7.05 Å². The molecule has 0 spiro atoms. The van der Waals surface area contributed by atoms with Crippen LogP contribution in [0.1, 0.15) is 16.2 Å². The van der Waals surface area contributed by atoms with Gasteiger partial charge in [0.1, 0.15) is 0 Å². The Labute approximate surface area is 108 Å². The van der Waals surface area contributed by atoms with Crippen LogP contribution in [-0.4, -0.2) is 31.1 Å². The third kappa shape index (κ3) is 2.17. The van der Waals surface area contributed by atoms with Gasteiger partial charge in [-0.3, -0.25) is 14.6 Å². The van der Waals surface area contributed by atoms with Crippen LogP contribution in [0, 0.1) is 0 Å². The highest BCUT2D eigenvalue weighted by molar-refractivity contribution is 5.92. The molecule has 0 fully saturated rings. The van der Waals surface area contributed by atoms with E-state index in [9.17, 15) is 4.79 Å². The van der Waals surface area contributed by atoms with E-state index in [0.717, 1.165) is 16.6 Å². The Morgan fingerprint density at radius 3 is 3.05 bits per heavy atom. The summed E-state index contributed by atoms with van der Waals surface area (Å²) in [5, 5.41) is 18.3. The van der Waals surface area contributed by atoms with Gasteiger partial charge in [0.2, 0.25) is 0 Å². The zero-order valence-electron chi connectivity index (χ0n) is 10.3. The fraction of sp³-hybridized carbons (Fsp3) is 0.167. The number of H-pyrrole nitrogens is 1. The molecule has 0 saturated carbocycles. The number of para-hydroxylation sites is 1. The molecule has 19 heavy (non-hydrogen) atoms. The molecule has 0 unspecified atom stereocenters. The summed E-state index contributed by atoms with van der Waals surface area (Å²) in [6.45, 7) is 0.371. The van der Waals surface area contributed by atoms with Crippen LogP contribution in [0.25, 0.3) is 10.9 Å². The summed E-state index contributed by atoms with van der Waals surface area (Å²) < 4.78 is 1.49. The van der Waals surface area contributed by atoms with Crippen molar-refractivity contribution in [2.75, 3.05) is 0 Å². The monoisotopic (exact) mass is 256 g/mol. The first-order valence-electron chi connectivity index (χ1n) is 5.80. The molecule has 0 bridgehead atoms. The van der Waals surface area contributed by atoms with Gasteiger partial charge in [0.25, 0.3) is 5.91 Å². The van der Waals surface area contributed by atoms with E-state index in [0.29, 0.717) is 12.2 Å². The number of hydrogen-bond acceptors (Lipinski definition) is 4. The number of carbonyl (C=O) groups is 1. The lowest BCUT2D eigenvalue weighted by atomic mass is 10.2. The van der Waals surface area contributed by atoms with Crippen molar-refractivity contribution >= 4 is 16.8 Å². The van der Waals surface area contributed by atoms with E-state index < -0.39 is 0 Å². The number of aromatic nitrogens is 5. The molecule has 96 valence electrons. The Kier molecular flexibility index (Phi) is 2.71. The van der Waals surface area contributed by atoms with Crippen molar-refractivity contribution in [3.8, 4) is 0 Å². The zero-order valence-corrected chi connectivity index (χ0v) is 10.3. The van der Waals surface area contributed by atoms with Crippen molar-refractivity contribution < 1.29 is 4.79 Å². The standard InChI is InChI=1S/C12H12N6O/c1-18-7-11(16-17-18)12(19)13-6-10-8-4-2-3-5-9(8)14-15-10/h2-5,7H,6H2,1H3,(H,13,19)(H,14,15). The van der Waals surface area contributed by atoms with Gasteiger partial charge in [0.05, 0.1) is 24.0 Å². The van der Waals surface area contributed by atoms with E-state index in [2.05, 4.69) is 25.8 Å². The minimum atomic E-state index is -0.258. The molecule has 0 aliphatic heterocycles. The lowest BCUT2D eigenvalue weighted by Gasteiger charge is -2.00. The van der Waals surface area contributed by atoms with Crippen LogP contribution in [0.5, 0.6) is 0 Å². The lowest BCUT2D eigenvalue weighted by Crippen LogP contribution is -2.23. The first-order chi connectivity index (χ1) is 9.24. The minimum absolute atomic E-state index is 0.258. The molecule has 7 nitrogen and oxygen atoms in total. The van der Waals surface area contributed by atoms with Gasteiger partial charge in [0, 0.05) is 12.4 Å². The van der Waals surface area contributed by atoms with Crippen molar-refractivity contribution in [2.45, 2.75) is 6.54 Å². The van der Waals surface area contributed by atoms with Crippen LogP contribution in [0.2, 0.25) is 0 Å². The normalized spacial score (nSPS) is 10.8. The van der Waals surface area contributed by atoms with Gasteiger partial charge in [-0.2, -0.15) is 5.10 Å². The van der Waals surface area contributed by atoms with Crippen molar-refractivity contribution in [1.29, 1.82) is 0 Å². The summed E-state index contributed by atoms with van der Waals surface area (Å²) in [5.41, 5.74) is 2.05. The number of benzene rings is 1. The van der Waals surface area contributed by atoms with E-state index in [4.69, 9.17) is 0 Å². The molecule has 1 aromatic carbocycles. The average molecular weight is 256 g/mol. The molecule has 2 aromatic heterocycles. The van der Waals surface area contributed by atoms with Crippen molar-refractivity contribution in [3.05, 3.63) is 41.9 Å². The maximum Gasteiger partial charge on any atom is 0.273 e. The molecule has 0 saturated heterocycles. The summed E-state index contributed by atoms with van der Waals surface area (Å²) in [4.78, 5) is 11.8. The molecule has 0 aliphatic carbocycles. The average Bonchev–Trinajstić information content (AvgIpc) is 3.02. The lowest BCUT2D eigenvalue weighted by molar-refractivity contribution is 0.0945. The van der Waals surface area contributed by atoms with Gasteiger partial charge in [-0.25, -0.2) is 0 Å². The van der Waals surface area contributed by atoms with E-state index in [1.54, 1.807) is 13.2 Å². The van der Waals surface area contributed by atoms with Crippen LogP contribution in [-0.2, 0) is 13.6 Å². The third-order valence-electron chi connectivity index (χ3n) is 2.80. The van der Waals surface area contributed by atoms with Crippen LogP contribution in [0.3, 0.4) is 0 Å². The topological polar surface area (TPSA) is 88.5 Å². The van der Waals surface area contributed by atoms with Crippen LogP contribution in [0.4, 0.5) is 0 Å². The second-order valence-electron chi connectivity index (χ2n) is 4.18. The number of aromatic amines is 1. The quantitative estimate of drug-likeness (QED) is 0.719. The van der Waals surface area contributed by atoms with Gasteiger partial charge in [0.15, 0.2) is 5.69 Å². The first-order valence-corrected chi connectivity index (χ1v) is 5.80. The van der Waals surface area contributed by atoms with Crippen molar-refractivity contribution in [3.63, 3.8) is 0 Å². The van der Waals surface area contributed by atoms with Gasteiger partial charge in [-0.05, 0) is 6.07 Å². The molecule has 0 radical (unpaired) electrons. The highest BCUT2D eigenvalue weighted by atomic mass is 16.2. The number of nitrogens with zero attached hydrogens (tertiary/aromatic N) is 4. The zero-order chi connectivity index (χ0) is 13.2. The van der Waals surface area contributed by atoms with Gasteiger partial charge in [-0.1, -0.05) is 23.4 Å². The summed E-state index contributed by atoms with van der Waals surface area (Å²) >= 11 is 0. The van der Waals surface area contributed by atoms with Gasteiger partial charge < -0.3 is 5.32 Å². The second-order valence-corrected chi connectivity index (χ2v) is 4.18. The highest BCUT2D eigenvalue weighted by Crippen LogP contribution is 2.14. The van der Waals surface area contributed by atoms with Gasteiger partial charge in [-0.15, -0.1) is 5.10 Å². The molecule has 0 atom stereocenters. The highest BCUT2D eigenvalue weighted by Gasteiger charge is 2.11. The van der Waals surface area contributed by atoms with E-state index in [1.807, 2.05) is 24.3 Å². The summed E-state index contributed by atoms with van der Waals surface area (Å²) in [5.74, 6) is -0.258. The molecule has 0 aliphatic rings. The van der Waals surface area contributed by atoms with Crippen LogP contribution >= 0.6 is 0 Å². The number of aryl methyl sites for hydroxylation is 1. The fourth-order valence-corrected chi connectivity index (χ4v) is 1.86. The molecule has 1 amide bonds. The maximum atomic E-state index is 11.8. The third-order valence-corrected chi connectivity index (χ3v) is 2.80. The Bertz CT molecular complexity index is 728. The largest absolute Gasteiger partial charge is 0.345 e. The maximum absolute atomic E-state index is 11.8. The van der Waals surface area contributed by atoms with Gasteiger partial charge >= 0.3 is 0 Å². The Morgan fingerprint density at radius 1 is 1.42 bits per heavy atom. The molecule has 2 heterocycles. The summed E-state index contributed by atoms with van der Waals surface area (Å²) in [7, 11) is 1.71. The molecular weight excluding hydrogens is 244 g/mol. The summed E-state index contributed by atoms with van der Waals surface area (Å²) in [6.07, 6.45) is 1.57. The smallest absolute Gasteiger partial charge is 0.273 e. The van der Waals surface area contributed by atoms with Crippen molar-refractivity contribution in [1.82, 2.24) is 30.5 Å². The predicted octanol–water partition coefficient (Wildman–Crippen LogP) is 0.621. The van der Waals surface area contributed by atoms with E-state index in [1.165, 1.54) is 4.68 Å². The number of fused-ring (bicyclic) bond motifs is 1. The number of amides is 1. The molecule has 3 aromatic rings. The molecular formula is C12H12N6O. The molecule has 3 rings (SSSR count). The number of rotatable bonds is 3. The Morgan fingerprint density at radius 2 is 2.26 bits per heavy atom. The van der Waals surface area contributed by atoms with E-state index >= 15 is 0 Å². The van der Waals surface area contributed by atoms with Crippen LogP contribution < -0.4 is 5.32 Å². The first kappa shape index (κ1) is 11.4. The van der Waals surface area contributed by atoms with E-state index in [-0.39, 0.29) is 5.91 Å².